The van der Waals surface area contributed by atoms with Gasteiger partial charge in [0.1, 0.15) is 0 Å². The fourth-order valence-corrected chi connectivity index (χ4v) is 2.53. The molecule has 1 unspecified atom stereocenters. The van der Waals surface area contributed by atoms with Gasteiger partial charge in [-0.3, -0.25) is 4.68 Å². The van der Waals surface area contributed by atoms with Crippen LogP contribution in [0, 0.1) is 0 Å². The molecule has 0 bridgehead atoms. The molecular formula is C12H22N4O. The lowest BCUT2D eigenvalue weighted by Gasteiger charge is -2.42. The van der Waals surface area contributed by atoms with Crippen molar-refractivity contribution < 1.29 is 4.74 Å². The van der Waals surface area contributed by atoms with Gasteiger partial charge in [0.25, 0.3) is 0 Å². The molecule has 1 heterocycles. The van der Waals surface area contributed by atoms with Gasteiger partial charge in [0.05, 0.1) is 11.3 Å². The average Bonchev–Trinajstić information content (AvgIpc) is 2.67. The molecule has 0 saturated heterocycles. The molecule has 1 saturated carbocycles. The summed E-state index contributed by atoms with van der Waals surface area (Å²) < 4.78 is 7.42. The maximum absolute atomic E-state index is 5.67. The number of likely N-dealkylation sites (N-methyl/N-ethyl adjacent to an activating group) is 1. The minimum atomic E-state index is 0.107. The minimum absolute atomic E-state index is 0.107. The average molecular weight is 238 g/mol. The molecule has 0 amide bonds. The van der Waals surface area contributed by atoms with Crippen molar-refractivity contribution in [1.82, 2.24) is 20.3 Å². The lowest BCUT2D eigenvalue weighted by molar-refractivity contribution is -0.0830. The molecule has 1 aromatic rings. The number of rotatable bonds is 6. The van der Waals surface area contributed by atoms with Crippen molar-refractivity contribution in [3.63, 3.8) is 0 Å². The van der Waals surface area contributed by atoms with E-state index in [9.17, 15) is 0 Å². The highest BCUT2D eigenvalue weighted by molar-refractivity contribution is 5.00. The summed E-state index contributed by atoms with van der Waals surface area (Å²) in [5, 5.41) is 11.5. The molecule has 1 aromatic heterocycles. The van der Waals surface area contributed by atoms with Crippen LogP contribution in [0.1, 0.15) is 31.4 Å². The molecule has 5 nitrogen and oxygen atoms in total. The molecular weight excluding hydrogens is 216 g/mol. The summed E-state index contributed by atoms with van der Waals surface area (Å²) in [5.41, 5.74) is 1.15. The van der Waals surface area contributed by atoms with Crippen molar-refractivity contribution in [2.75, 3.05) is 14.2 Å². The summed E-state index contributed by atoms with van der Waals surface area (Å²) >= 11 is 0. The second kappa shape index (κ2) is 5.14. The van der Waals surface area contributed by atoms with E-state index >= 15 is 0 Å². The standard InChI is InChI=1S/C12H22N4O/c1-13-10(7-11-9-16(2)15-14-11)8-12(17-3)5-4-6-12/h9-10,13H,4-8H2,1-3H3. The topological polar surface area (TPSA) is 52.0 Å². The van der Waals surface area contributed by atoms with Gasteiger partial charge in [-0.1, -0.05) is 5.21 Å². The molecule has 1 N–H and O–H groups in total. The molecule has 1 aliphatic rings. The summed E-state index contributed by atoms with van der Waals surface area (Å²) in [6.07, 6.45) is 7.59. The first-order valence-corrected chi connectivity index (χ1v) is 6.25. The Balaban J connectivity index is 1.92. The first kappa shape index (κ1) is 12.5. The highest BCUT2D eigenvalue weighted by Crippen LogP contribution is 2.39. The number of methoxy groups -OCH3 is 1. The van der Waals surface area contributed by atoms with Gasteiger partial charge in [-0.2, -0.15) is 0 Å². The predicted octanol–water partition coefficient (Wildman–Crippen LogP) is 0.905. The van der Waals surface area contributed by atoms with Gasteiger partial charge >= 0.3 is 0 Å². The van der Waals surface area contributed by atoms with E-state index in [1.54, 1.807) is 4.68 Å². The highest BCUT2D eigenvalue weighted by atomic mass is 16.5. The van der Waals surface area contributed by atoms with E-state index in [0.29, 0.717) is 6.04 Å². The molecule has 17 heavy (non-hydrogen) atoms. The first-order chi connectivity index (χ1) is 8.17. The van der Waals surface area contributed by atoms with Gasteiger partial charge in [0.2, 0.25) is 0 Å². The third-order valence-corrected chi connectivity index (χ3v) is 3.83. The van der Waals surface area contributed by atoms with E-state index in [2.05, 4.69) is 15.6 Å². The maximum Gasteiger partial charge on any atom is 0.0842 e. The second-order valence-corrected chi connectivity index (χ2v) is 5.02. The molecule has 1 aliphatic carbocycles. The minimum Gasteiger partial charge on any atom is -0.378 e. The van der Waals surface area contributed by atoms with Crippen LogP contribution in [0.5, 0.6) is 0 Å². The SMILES string of the molecule is CNC(Cc1cn(C)nn1)CC1(OC)CCC1. The van der Waals surface area contributed by atoms with Crippen molar-refractivity contribution in [3.8, 4) is 0 Å². The highest BCUT2D eigenvalue weighted by Gasteiger charge is 2.38. The van der Waals surface area contributed by atoms with Crippen LogP contribution in [0.3, 0.4) is 0 Å². The van der Waals surface area contributed by atoms with Gasteiger partial charge in [-0.05, 0) is 32.7 Å². The Morgan fingerprint density at radius 2 is 2.35 bits per heavy atom. The van der Waals surface area contributed by atoms with E-state index < -0.39 is 0 Å². The molecule has 2 rings (SSSR count). The zero-order chi connectivity index (χ0) is 12.3. The number of aryl methyl sites for hydroxylation is 1. The number of hydrogen-bond acceptors (Lipinski definition) is 4. The number of ether oxygens (including phenoxy) is 1. The van der Waals surface area contributed by atoms with Crippen LogP contribution >= 0.6 is 0 Å². The van der Waals surface area contributed by atoms with Crippen molar-refractivity contribution in [1.29, 1.82) is 0 Å². The van der Waals surface area contributed by atoms with E-state index in [-0.39, 0.29) is 5.60 Å². The first-order valence-electron chi connectivity index (χ1n) is 6.25. The number of hydrogen-bond donors (Lipinski definition) is 1. The van der Waals surface area contributed by atoms with Crippen LogP contribution < -0.4 is 5.32 Å². The quantitative estimate of drug-likeness (QED) is 0.800. The van der Waals surface area contributed by atoms with Crippen LogP contribution in [0.2, 0.25) is 0 Å². The molecule has 0 aromatic carbocycles. The maximum atomic E-state index is 5.67. The van der Waals surface area contributed by atoms with Gasteiger partial charge in [-0.25, -0.2) is 0 Å². The Kier molecular flexibility index (Phi) is 3.79. The zero-order valence-electron chi connectivity index (χ0n) is 10.9. The van der Waals surface area contributed by atoms with E-state index in [4.69, 9.17) is 4.74 Å². The zero-order valence-corrected chi connectivity index (χ0v) is 10.9. The van der Waals surface area contributed by atoms with Crippen molar-refractivity contribution in [3.05, 3.63) is 11.9 Å². The van der Waals surface area contributed by atoms with Crippen molar-refractivity contribution in [2.24, 2.45) is 7.05 Å². The smallest absolute Gasteiger partial charge is 0.0842 e. The van der Waals surface area contributed by atoms with Gasteiger partial charge in [0.15, 0.2) is 0 Å². The third-order valence-electron chi connectivity index (χ3n) is 3.83. The Bertz CT molecular complexity index is 354. The molecule has 96 valence electrons. The predicted molar refractivity (Wildman–Crippen MR) is 65.8 cm³/mol. The van der Waals surface area contributed by atoms with Crippen LogP contribution in [-0.2, 0) is 18.2 Å². The molecule has 1 fully saturated rings. The molecule has 1 atom stereocenters. The molecule has 0 aliphatic heterocycles. The summed E-state index contributed by atoms with van der Waals surface area (Å²) in [4.78, 5) is 0. The fourth-order valence-electron chi connectivity index (χ4n) is 2.53. The van der Waals surface area contributed by atoms with Crippen LogP contribution in [0.4, 0.5) is 0 Å². The summed E-state index contributed by atoms with van der Waals surface area (Å²) in [5.74, 6) is 0. The second-order valence-electron chi connectivity index (χ2n) is 5.02. The molecule has 5 heteroatoms. The normalized spacial score (nSPS) is 19.9. The van der Waals surface area contributed by atoms with Gasteiger partial charge < -0.3 is 10.1 Å². The van der Waals surface area contributed by atoms with E-state index in [0.717, 1.165) is 18.5 Å². The lowest BCUT2D eigenvalue weighted by Crippen LogP contribution is -2.45. The van der Waals surface area contributed by atoms with Crippen LogP contribution in [-0.4, -0.2) is 40.8 Å². The van der Waals surface area contributed by atoms with Gasteiger partial charge in [-0.15, -0.1) is 5.10 Å². The number of nitrogens with one attached hydrogen (secondary N) is 1. The lowest BCUT2D eigenvalue weighted by atomic mass is 9.75. The summed E-state index contributed by atoms with van der Waals surface area (Å²) in [6.45, 7) is 0. The van der Waals surface area contributed by atoms with Crippen LogP contribution in [0.25, 0.3) is 0 Å². The van der Waals surface area contributed by atoms with Crippen molar-refractivity contribution >= 4 is 0 Å². The molecule has 0 spiro atoms. The van der Waals surface area contributed by atoms with E-state index in [1.807, 2.05) is 27.4 Å². The summed E-state index contributed by atoms with van der Waals surface area (Å²) in [7, 11) is 5.73. The van der Waals surface area contributed by atoms with Crippen LogP contribution in [0.15, 0.2) is 6.20 Å². The third kappa shape index (κ3) is 2.84. The van der Waals surface area contributed by atoms with E-state index in [1.165, 1.54) is 19.3 Å². The van der Waals surface area contributed by atoms with Gasteiger partial charge in [0, 0.05) is 32.8 Å². The number of nitrogens with zero attached hydrogens (tertiary/aromatic N) is 3. The van der Waals surface area contributed by atoms with Crippen molar-refractivity contribution in [2.45, 2.75) is 43.7 Å². The number of aromatic nitrogens is 3. The summed E-state index contributed by atoms with van der Waals surface area (Å²) in [6, 6.07) is 0.409. The Morgan fingerprint density at radius 1 is 1.59 bits per heavy atom. The fraction of sp³-hybridized carbons (Fsp3) is 0.833. The Hall–Kier alpha value is -0.940. The Morgan fingerprint density at radius 3 is 2.76 bits per heavy atom. The molecule has 0 radical (unpaired) electrons. The monoisotopic (exact) mass is 238 g/mol. The Labute approximate surface area is 103 Å². The largest absolute Gasteiger partial charge is 0.378 e.